The second-order valence-electron chi connectivity index (χ2n) is 8.23. The van der Waals surface area contributed by atoms with Crippen molar-refractivity contribution in [3.8, 4) is 5.69 Å². The Kier molecular flexibility index (Phi) is 6.07. The van der Waals surface area contributed by atoms with Crippen LogP contribution in [0.3, 0.4) is 0 Å². The largest absolute Gasteiger partial charge is 0.465 e. The second-order valence-corrected chi connectivity index (χ2v) is 8.23. The summed E-state index contributed by atoms with van der Waals surface area (Å²) in [5.41, 5.74) is 8.96. The van der Waals surface area contributed by atoms with Gasteiger partial charge in [0.15, 0.2) is 5.82 Å². The Balaban J connectivity index is 1.32. The van der Waals surface area contributed by atoms with Gasteiger partial charge in [0.25, 0.3) is 5.91 Å². The maximum Gasteiger partial charge on any atom is 0.412 e. The topological polar surface area (TPSA) is 113 Å². The molecule has 1 aromatic heterocycles. The van der Waals surface area contributed by atoms with E-state index in [2.05, 4.69) is 10.4 Å². The molecule has 8 nitrogen and oxygen atoms in total. The second kappa shape index (κ2) is 9.63. The molecule has 4 aromatic carbocycles. The molecule has 2 amide bonds. The number of para-hydroxylation sites is 1. The number of carbonyl (C=O) groups is 2. The van der Waals surface area contributed by atoms with Crippen LogP contribution >= 0.6 is 0 Å². The Labute approximate surface area is 207 Å². The van der Waals surface area contributed by atoms with E-state index in [4.69, 9.17) is 5.73 Å². The SMILES string of the molecule is Nc1cn(-c2ccccc2)nc1NC(=O)c1ccc(CN(C(=O)O)c2cccc3ccccc23)cc1. The first-order chi connectivity index (χ1) is 17.5. The fourth-order valence-electron chi connectivity index (χ4n) is 4.02. The summed E-state index contributed by atoms with van der Waals surface area (Å²) in [6.07, 6.45) is 0.583. The Morgan fingerprint density at radius 1 is 0.889 bits per heavy atom. The number of nitrogens with two attached hydrogens (primary N) is 1. The normalized spacial score (nSPS) is 10.8. The fraction of sp³-hybridized carbons (Fsp3) is 0.0357. The van der Waals surface area contributed by atoms with E-state index in [1.165, 1.54) is 4.90 Å². The third-order valence-electron chi connectivity index (χ3n) is 5.84. The van der Waals surface area contributed by atoms with E-state index in [1.54, 1.807) is 41.2 Å². The van der Waals surface area contributed by atoms with Gasteiger partial charge in [-0.2, -0.15) is 0 Å². The van der Waals surface area contributed by atoms with Crippen LogP contribution in [0.1, 0.15) is 15.9 Å². The van der Waals surface area contributed by atoms with Gasteiger partial charge in [-0.1, -0.05) is 66.7 Å². The predicted molar refractivity (Wildman–Crippen MR) is 141 cm³/mol. The van der Waals surface area contributed by atoms with E-state index < -0.39 is 6.09 Å². The van der Waals surface area contributed by atoms with Gasteiger partial charge in [0.05, 0.1) is 29.8 Å². The zero-order chi connectivity index (χ0) is 25.1. The molecule has 36 heavy (non-hydrogen) atoms. The average molecular weight is 478 g/mol. The molecule has 0 aliphatic heterocycles. The van der Waals surface area contributed by atoms with Gasteiger partial charge in [0.1, 0.15) is 0 Å². The van der Waals surface area contributed by atoms with Gasteiger partial charge in [-0.3, -0.25) is 9.69 Å². The molecule has 178 valence electrons. The van der Waals surface area contributed by atoms with Crippen molar-refractivity contribution in [1.29, 1.82) is 0 Å². The molecule has 0 aliphatic rings. The highest BCUT2D eigenvalue weighted by molar-refractivity contribution is 6.05. The first-order valence-corrected chi connectivity index (χ1v) is 11.3. The molecule has 0 spiro atoms. The summed E-state index contributed by atoms with van der Waals surface area (Å²) in [4.78, 5) is 26.2. The number of hydrogen-bond donors (Lipinski definition) is 3. The number of amides is 2. The van der Waals surface area contributed by atoms with Gasteiger partial charge in [-0.25, -0.2) is 9.48 Å². The molecule has 0 atom stereocenters. The van der Waals surface area contributed by atoms with E-state index >= 15 is 0 Å². The molecule has 0 saturated heterocycles. The van der Waals surface area contributed by atoms with E-state index in [1.807, 2.05) is 66.7 Å². The number of rotatable bonds is 6. The summed E-state index contributed by atoms with van der Waals surface area (Å²) < 4.78 is 1.60. The van der Waals surface area contributed by atoms with Gasteiger partial charge >= 0.3 is 6.09 Å². The Morgan fingerprint density at radius 2 is 1.58 bits per heavy atom. The van der Waals surface area contributed by atoms with E-state index in [9.17, 15) is 14.7 Å². The minimum Gasteiger partial charge on any atom is -0.465 e. The maximum absolute atomic E-state index is 12.8. The van der Waals surface area contributed by atoms with Crippen LogP contribution in [0.5, 0.6) is 0 Å². The van der Waals surface area contributed by atoms with Crippen molar-refractivity contribution in [2.45, 2.75) is 6.54 Å². The summed E-state index contributed by atoms with van der Waals surface area (Å²) in [6.45, 7) is 0.139. The van der Waals surface area contributed by atoms with E-state index in [0.29, 0.717) is 16.9 Å². The number of nitrogens with one attached hydrogen (secondary N) is 1. The molecule has 5 aromatic rings. The summed E-state index contributed by atoms with van der Waals surface area (Å²) in [5.74, 6) is -0.100. The lowest BCUT2D eigenvalue weighted by Crippen LogP contribution is -2.28. The molecule has 0 aliphatic carbocycles. The molecule has 0 unspecified atom stereocenters. The van der Waals surface area contributed by atoms with Crippen LogP contribution in [-0.2, 0) is 6.54 Å². The van der Waals surface area contributed by atoms with Crippen LogP contribution in [0.25, 0.3) is 16.5 Å². The number of carbonyl (C=O) groups excluding carboxylic acids is 1. The number of benzene rings is 4. The minimum atomic E-state index is -1.06. The lowest BCUT2D eigenvalue weighted by atomic mass is 10.1. The van der Waals surface area contributed by atoms with Crippen LogP contribution in [0.2, 0.25) is 0 Å². The predicted octanol–water partition coefficient (Wildman–Crippen LogP) is 5.54. The van der Waals surface area contributed by atoms with E-state index in [0.717, 1.165) is 22.0 Å². The highest BCUT2D eigenvalue weighted by Gasteiger charge is 2.18. The van der Waals surface area contributed by atoms with Gasteiger partial charge in [-0.05, 0) is 41.3 Å². The number of nitrogens with zero attached hydrogens (tertiary/aromatic N) is 3. The first kappa shape index (κ1) is 22.7. The van der Waals surface area contributed by atoms with E-state index in [-0.39, 0.29) is 18.3 Å². The number of carboxylic acid groups (broad SMARTS) is 1. The molecule has 8 heteroatoms. The zero-order valence-electron chi connectivity index (χ0n) is 19.2. The lowest BCUT2D eigenvalue weighted by molar-refractivity contribution is 0.102. The van der Waals surface area contributed by atoms with Gasteiger partial charge in [0, 0.05) is 10.9 Å². The molecule has 5 rings (SSSR count). The van der Waals surface area contributed by atoms with Crippen molar-refractivity contribution in [3.63, 3.8) is 0 Å². The van der Waals surface area contributed by atoms with Gasteiger partial charge < -0.3 is 16.2 Å². The van der Waals surface area contributed by atoms with Crippen molar-refractivity contribution in [2.75, 3.05) is 16.0 Å². The van der Waals surface area contributed by atoms with Gasteiger partial charge in [0.2, 0.25) is 0 Å². The zero-order valence-corrected chi connectivity index (χ0v) is 19.2. The number of hydrogen-bond acceptors (Lipinski definition) is 4. The monoisotopic (exact) mass is 477 g/mol. The van der Waals surface area contributed by atoms with Crippen molar-refractivity contribution in [1.82, 2.24) is 9.78 Å². The number of aromatic nitrogens is 2. The fourth-order valence-corrected chi connectivity index (χ4v) is 4.02. The highest BCUT2D eigenvalue weighted by atomic mass is 16.4. The maximum atomic E-state index is 12.8. The Morgan fingerprint density at radius 3 is 2.33 bits per heavy atom. The molecular weight excluding hydrogens is 454 g/mol. The summed E-state index contributed by atoms with van der Waals surface area (Å²) >= 11 is 0. The van der Waals surface area contributed by atoms with Crippen LogP contribution < -0.4 is 16.0 Å². The third kappa shape index (κ3) is 4.60. The summed E-state index contributed by atoms with van der Waals surface area (Å²) in [7, 11) is 0. The smallest absolute Gasteiger partial charge is 0.412 e. The van der Waals surface area contributed by atoms with Crippen molar-refractivity contribution in [2.24, 2.45) is 0 Å². The summed E-state index contributed by atoms with van der Waals surface area (Å²) in [6, 6.07) is 29.4. The van der Waals surface area contributed by atoms with Gasteiger partial charge in [-0.15, -0.1) is 5.10 Å². The lowest BCUT2D eigenvalue weighted by Gasteiger charge is -2.21. The molecule has 1 heterocycles. The standard InChI is InChI=1S/C28H23N5O3/c29-24-18-33(22-9-2-1-3-10-22)31-26(24)30-27(34)21-15-13-19(14-16-21)17-32(28(35)36)25-12-6-8-20-7-4-5-11-23(20)25/h1-16,18H,17,29H2,(H,35,36)(H,30,31,34). The van der Waals surface area contributed by atoms with Crippen LogP contribution in [0.15, 0.2) is 103 Å². The molecule has 0 saturated carbocycles. The third-order valence-corrected chi connectivity index (χ3v) is 5.84. The number of nitrogen functional groups attached to an aromatic ring is 1. The molecular formula is C28H23N5O3. The highest BCUT2D eigenvalue weighted by Crippen LogP contribution is 2.28. The van der Waals surface area contributed by atoms with Crippen LogP contribution in [0, 0.1) is 0 Å². The van der Waals surface area contributed by atoms with Crippen LogP contribution in [0.4, 0.5) is 22.0 Å². The Bertz CT molecular complexity index is 1540. The quantitative estimate of drug-likeness (QED) is 0.297. The summed E-state index contributed by atoms with van der Waals surface area (Å²) in [5, 5.41) is 18.8. The van der Waals surface area contributed by atoms with Crippen LogP contribution in [-0.4, -0.2) is 26.9 Å². The minimum absolute atomic E-state index is 0.139. The molecule has 0 fully saturated rings. The Hall–Kier alpha value is -5.11. The number of fused-ring (bicyclic) bond motifs is 1. The van der Waals surface area contributed by atoms with Crippen molar-refractivity contribution in [3.05, 3.63) is 114 Å². The first-order valence-electron chi connectivity index (χ1n) is 11.3. The van der Waals surface area contributed by atoms with Crippen molar-refractivity contribution < 1.29 is 14.7 Å². The molecule has 4 N–H and O–H groups in total. The van der Waals surface area contributed by atoms with Crippen molar-refractivity contribution >= 4 is 40.0 Å². The molecule has 0 bridgehead atoms. The molecule has 0 radical (unpaired) electrons. The number of anilines is 3. The average Bonchev–Trinajstić information content (AvgIpc) is 3.27.